The van der Waals surface area contributed by atoms with Crippen molar-refractivity contribution in [1.82, 2.24) is 10.2 Å². The molecule has 3 unspecified atom stereocenters. The first kappa shape index (κ1) is 14.9. The SMILES string of the molecule is CCCC1CNC(C(C)C)CN1CC(C)OC. The molecule has 1 rings (SSSR count). The fourth-order valence-electron chi connectivity index (χ4n) is 2.58. The molecule has 0 spiro atoms. The van der Waals surface area contributed by atoms with Crippen molar-refractivity contribution in [3.8, 4) is 0 Å². The second-order valence-corrected chi connectivity index (χ2v) is 5.70. The van der Waals surface area contributed by atoms with Crippen LogP contribution < -0.4 is 5.32 Å². The summed E-state index contributed by atoms with van der Waals surface area (Å²) in [5, 5.41) is 3.69. The number of nitrogens with one attached hydrogen (secondary N) is 1. The molecule has 1 heterocycles. The lowest BCUT2D eigenvalue weighted by Gasteiger charge is -2.42. The van der Waals surface area contributed by atoms with Gasteiger partial charge in [-0.25, -0.2) is 0 Å². The highest BCUT2D eigenvalue weighted by Gasteiger charge is 2.29. The van der Waals surface area contributed by atoms with Crippen molar-refractivity contribution in [2.24, 2.45) is 5.92 Å². The number of ether oxygens (including phenoxy) is 1. The molecule has 1 aliphatic heterocycles. The quantitative estimate of drug-likeness (QED) is 0.772. The van der Waals surface area contributed by atoms with Gasteiger partial charge in [-0.1, -0.05) is 27.2 Å². The average molecular weight is 242 g/mol. The van der Waals surface area contributed by atoms with Gasteiger partial charge in [-0.05, 0) is 19.3 Å². The zero-order chi connectivity index (χ0) is 12.8. The van der Waals surface area contributed by atoms with Crippen LogP contribution in [0.15, 0.2) is 0 Å². The predicted molar refractivity (Wildman–Crippen MR) is 73.4 cm³/mol. The summed E-state index contributed by atoms with van der Waals surface area (Å²) in [5.74, 6) is 0.706. The number of nitrogens with zero attached hydrogens (tertiary/aromatic N) is 1. The third kappa shape index (κ3) is 4.57. The molecule has 1 fully saturated rings. The van der Waals surface area contributed by atoms with Crippen molar-refractivity contribution in [2.75, 3.05) is 26.7 Å². The molecule has 0 aromatic heterocycles. The van der Waals surface area contributed by atoms with E-state index in [9.17, 15) is 0 Å². The molecule has 102 valence electrons. The van der Waals surface area contributed by atoms with Gasteiger partial charge in [0.15, 0.2) is 0 Å². The van der Waals surface area contributed by atoms with E-state index in [1.54, 1.807) is 0 Å². The Labute approximate surface area is 107 Å². The first-order valence-electron chi connectivity index (χ1n) is 7.08. The Hall–Kier alpha value is -0.120. The van der Waals surface area contributed by atoms with Gasteiger partial charge in [-0.2, -0.15) is 0 Å². The van der Waals surface area contributed by atoms with Crippen LogP contribution in [0.2, 0.25) is 0 Å². The Kier molecular flexibility index (Phi) is 6.45. The summed E-state index contributed by atoms with van der Waals surface area (Å²) in [4.78, 5) is 2.62. The van der Waals surface area contributed by atoms with Crippen molar-refractivity contribution in [1.29, 1.82) is 0 Å². The van der Waals surface area contributed by atoms with Gasteiger partial charge in [0.25, 0.3) is 0 Å². The van der Waals surface area contributed by atoms with E-state index in [2.05, 4.69) is 37.9 Å². The second-order valence-electron chi connectivity index (χ2n) is 5.70. The van der Waals surface area contributed by atoms with Crippen molar-refractivity contribution >= 4 is 0 Å². The highest BCUT2D eigenvalue weighted by atomic mass is 16.5. The van der Waals surface area contributed by atoms with Gasteiger partial charge in [-0.15, -0.1) is 0 Å². The van der Waals surface area contributed by atoms with Gasteiger partial charge in [0.2, 0.25) is 0 Å². The first-order chi connectivity index (χ1) is 8.08. The van der Waals surface area contributed by atoms with Gasteiger partial charge in [0, 0.05) is 38.8 Å². The minimum absolute atomic E-state index is 0.334. The van der Waals surface area contributed by atoms with Crippen LogP contribution in [0, 0.1) is 5.92 Å². The molecule has 0 bridgehead atoms. The van der Waals surface area contributed by atoms with E-state index >= 15 is 0 Å². The van der Waals surface area contributed by atoms with Gasteiger partial charge in [0.1, 0.15) is 0 Å². The van der Waals surface area contributed by atoms with E-state index in [-0.39, 0.29) is 0 Å². The number of hydrogen-bond acceptors (Lipinski definition) is 3. The molecule has 1 N–H and O–H groups in total. The smallest absolute Gasteiger partial charge is 0.0670 e. The van der Waals surface area contributed by atoms with Crippen molar-refractivity contribution in [3.05, 3.63) is 0 Å². The summed E-state index contributed by atoms with van der Waals surface area (Å²) in [7, 11) is 1.81. The largest absolute Gasteiger partial charge is 0.380 e. The number of piperazine rings is 1. The van der Waals surface area contributed by atoms with Crippen LogP contribution in [-0.4, -0.2) is 49.8 Å². The number of hydrogen-bond donors (Lipinski definition) is 1. The maximum Gasteiger partial charge on any atom is 0.0670 e. The molecule has 17 heavy (non-hydrogen) atoms. The molecule has 0 radical (unpaired) electrons. The Morgan fingerprint density at radius 2 is 2.06 bits per heavy atom. The molecule has 1 saturated heterocycles. The molecule has 3 nitrogen and oxygen atoms in total. The maximum atomic E-state index is 5.41. The standard InChI is InChI=1S/C14H30N2O/c1-6-7-13-8-15-14(11(2)3)10-16(13)9-12(4)17-5/h11-15H,6-10H2,1-5H3. The van der Waals surface area contributed by atoms with Crippen LogP contribution in [0.5, 0.6) is 0 Å². The molecule has 0 amide bonds. The molecule has 0 saturated carbocycles. The Morgan fingerprint density at radius 1 is 1.35 bits per heavy atom. The van der Waals surface area contributed by atoms with Gasteiger partial charge in [-0.3, -0.25) is 4.90 Å². The van der Waals surface area contributed by atoms with Gasteiger partial charge >= 0.3 is 0 Å². The fraction of sp³-hybridized carbons (Fsp3) is 1.00. The zero-order valence-electron chi connectivity index (χ0n) is 12.2. The van der Waals surface area contributed by atoms with Crippen LogP contribution >= 0.6 is 0 Å². The van der Waals surface area contributed by atoms with E-state index < -0.39 is 0 Å². The summed E-state index contributed by atoms with van der Waals surface area (Å²) < 4.78 is 5.41. The molecular weight excluding hydrogens is 212 g/mol. The number of methoxy groups -OCH3 is 1. The molecule has 1 aliphatic rings. The average Bonchev–Trinajstić information content (AvgIpc) is 2.31. The van der Waals surface area contributed by atoms with Gasteiger partial charge in [0.05, 0.1) is 6.10 Å². The first-order valence-corrected chi connectivity index (χ1v) is 7.08. The molecule has 3 atom stereocenters. The van der Waals surface area contributed by atoms with Crippen LogP contribution in [-0.2, 0) is 4.74 Å². The van der Waals surface area contributed by atoms with E-state index in [0.29, 0.717) is 24.1 Å². The van der Waals surface area contributed by atoms with Crippen molar-refractivity contribution < 1.29 is 4.74 Å². The van der Waals surface area contributed by atoms with E-state index in [1.165, 1.54) is 12.8 Å². The summed E-state index contributed by atoms with van der Waals surface area (Å²) in [5.41, 5.74) is 0. The van der Waals surface area contributed by atoms with Crippen molar-refractivity contribution in [3.63, 3.8) is 0 Å². The van der Waals surface area contributed by atoms with Gasteiger partial charge < -0.3 is 10.1 Å². The van der Waals surface area contributed by atoms with Crippen LogP contribution in [0.3, 0.4) is 0 Å². The highest BCUT2D eigenvalue weighted by Crippen LogP contribution is 2.16. The third-order valence-corrected chi connectivity index (χ3v) is 3.88. The Bertz CT molecular complexity index is 208. The summed E-state index contributed by atoms with van der Waals surface area (Å²) >= 11 is 0. The summed E-state index contributed by atoms with van der Waals surface area (Å²) in [6.45, 7) is 12.4. The minimum Gasteiger partial charge on any atom is -0.380 e. The monoisotopic (exact) mass is 242 g/mol. The lowest BCUT2D eigenvalue weighted by atomic mass is 9.97. The maximum absolute atomic E-state index is 5.41. The van der Waals surface area contributed by atoms with Crippen LogP contribution in [0.25, 0.3) is 0 Å². The molecule has 0 aromatic carbocycles. The van der Waals surface area contributed by atoms with E-state index in [4.69, 9.17) is 4.74 Å². The lowest BCUT2D eigenvalue weighted by molar-refractivity contribution is 0.0333. The third-order valence-electron chi connectivity index (χ3n) is 3.88. The fourth-order valence-corrected chi connectivity index (χ4v) is 2.58. The normalized spacial score (nSPS) is 28.6. The number of rotatable bonds is 6. The Balaban J connectivity index is 2.55. The highest BCUT2D eigenvalue weighted by molar-refractivity contribution is 4.88. The molecular formula is C14H30N2O. The van der Waals surface area contributed by atoms with Crippen LogP contribution in [0.1, 0.15) is 40.5 Å². The molecule has 3 heteroatoms. The molecule has 0 aromatic rings. The topological polar surface area (TPSA) is 24.5 Å². The zero-order valence-corrected chi connectivity index (χ0v) is 12.2. The molecule has 0 aliphatic carbocycles. The van der Waals surface area contributed by atoms with E-state index in [1.807, 2.05) is 7.11 Å². The summed E-state index contributed by atoms with van der Waals surface area (Å²) in [6, 6.07) is 1.32. The second kappa shape index (κ2) is 7.34. The Morgan fingerprint density at radius 3 is 2.59 bits per heavy atom. The summed E-state index contributed by atoms with van der Waals surface area (Å²) in [6.07, 6.45) is 2.88. The lowest BCUT2D eigenvalue weighted by Crippen LogP contribution is -2.59. The predicted octanol–water partition coefficient (Wildman–Crippen LogP) is 2.12. The van der Waals surface area contributed by atoms with E-state index in [0.717, 1.165) is 19.6 Å². The van der Waals surface area contributed by atoms with Crippen molar-refractivity contribution in [2.45, 2.75) is 58.7 Å². The minimum atomic E-state index is 0.334. The van der Waals surface area contributed by atoms with Crippen LogP contribution in [0.4, 0.5) is 0 Å².